The number of aryl methyl sites for hydroxylation is 3. The quantitative estimate of drug-likeness (QED) is 0.771. The minimum absolute atomic E-state index is 0.230. The number of amides is 1. The average molecular weight is 356 g/mol. The van der Waals surface area contributed by atoms with Gasteiger partial charge in [-0.2, -0.15) is 0 Å². The van der Waals surface area contributed by atoms with Crippen molar-refractivity contribution in [2.75, 3.05) is 19.0 Å². The molecule has 1 aromatic heterocycles. The van der Waals surface area contributed by atoms with Crippen LogP contribution < -0.4 is 10.7 Å². The molecule has 0 unspecified atom stereocenters. The third-order valence-corrected chi connectivity index (χ3v) is 4.64. The van der Waals surface area contributed by atoms with Crippen LogP contribution in [0.4, 0.5) is 5.69 Å². The van der Waals surface area contributed by atoms with Gasteiger partial charge in [0.15, 0.2) is 5.43 Å². The van der Waals surface area contributed by atoms with E-state index in [1.165, 1.54) is 0 Å². The molecule has 1 amide bonds. The zero-order valence-corrected chi connectivity index (χ0v) is 16.3. The van der Waals surface area contributed by atoms with Crippen molar-refractivity contribution in [3.63, 3.8) is 0 Å². The Morgan fingerprint density at radius 1 is 1.19 bits per heavy atom. The van der Waals surface area contributed by atoms with Crippen molar-refractivity contribution in [2.45, 2.75) is 47.1 Å². The molecule has 0 aliphatic heterocycles. The molecule has 0 atom stereocenters. The molecule has 1 aromatic carbocycles. The summed E-state index contributed by atoms with van der Waals surface area (Å²) < 4.78 is 7.18. The highest BCUT2D eigenvalue weighted by atomic mass is 16.5. The van der Waals surface area contributed by atoms with Gasteiger partial charge in [0.05, 0.1) is 0 Å². The monoisotopic (exact) mass is 356 g/mol. The van der Waals surface area contributed by atoms with Crippen LogP contribution >= 0.6 is 0 Å². The number of carbonyl (C=O) groups excluding carboxylic acids is 1. The molecule has 1 heterocycles. The lowest BCUT2D eigenvalue weighted by molar-refractivity contribution is 0.102. The van der Waals surface area contributed by atoms with Crippen LogP contribution in [0.2, 0.25) is 0 Å². The molecule has 0 radical (unpaired) electrons. The van der Waals surface area contributed by atoms with Crippen molar-refractivity contribution in [1.82, 2.24) is 4.57 Å². The molecule has 0 saturated carbocycles. The fourth-order valence-electron chi connectivity index (χ4n) is 3.31. The number of ether oxygens (including phenoxy) is 1. The SMILES string of the molecule is CCc1c(C(=O)Nc2c(C)cccc2C)c(=O)cc(C)n1CCCOC. The summed E-state index contributed by atoms with van der Waals surface area (Å²) in [6.45, 7) is 9.12. The number of rotatable bonds is 7. The van der Waals surface area contributed by atoms with Crippen LogP contribution in [0.3, 0.4) is 0 Å². The molecule has 0 fully saturated rings. The Kier molecular flexibility index (Phi) is 6.75. The molecule has 0 saturated heterocycles. The molecule has 1 N–H and O–H groups in total. The summed E-state index contributed by atoms with van der Waals surface area (Å²) in [5.41, 5.74) is 4.36. The van der Waals surface area contributed by atoms with Crippen molar-refractivity contribution in [3.05, 3.63) is 62.6 Å². The molecule has 0 spiro atoms. The van der Waals surface area contributed by atoms with Gasteiger partial charge in [0.2, 0.25) is 0 Å². The molecule has 0 aliphatic rings. The van der Waals surface area contributed by atoms with E-state index in [2.05, 4.69) is 9.88 Å². The number of anilines is 1. The predicted molar refractivity (Wildman–Crippen MR) is 105 cm³/mol. The predicted octanol–water partition coefficient (Wildman–Crippen LogP) is 3.62. The highest BCUT2D eigenvalue weighted by molar-refractivity contribution is 6.05. The van der Waals surface area contributed by atoms with E-state index in [4.69, 9.17) is 4.74 Å². The van der Waals surface area contributed by atoms with E-state index >= 15 is 0 Å². The third-order valence-electron chi connectivity index (χ3n) is 4.64. The summed E-state index contributed by atoms with van der Waals surface area (Å²) in [4.78, 5) is 25.6. The van der Waals surface area contributed by atoms with Gasteiger partial charge >= 0.3 is 0 Å². The lowest BCUT2D eigenvalue weighted by atomic mass is 10.1. The van der Waals surface area contributed by atoms with Gasteiger partial charge in [0.25, 0.3) is 5.91 Å². The molecule has 2 aromatic rings. The van der Waals surface area contributed by atoms with Crippen molar-refractivity contribution < 1.29 is 9.53 Å². The fourth-order valence-corrected chi connectivity index (χ4v) is 3.31. The van der Waals surface area contributed by atoms with E-state index < -0.39 is 0 Å². The summed E-state index contributed by atoms with van der Waals surface area (Å²) in [5, 5.41) is 2.95. The van der Waals surface area contributed by atoms with Crippen LogP contribution in [0.5, 0.6) is 0 Å². The minimum Gasteiger partial charge on any atom is -0.385 e. The molecule has 5 nitrogen and oxygen atoms in total. The first-order valence-corrected chi connectivity index (χ1v) is 9.00. The highest BCUT2D eigenvalue weighted by Gasteiger charge is 2.20. The molecule has 0 bridgehead atoms. The van der Waals surface area contributed by atoms with Gasteiger partial charge < -0.3 is 14.6 Å². The van der Waals surface area contributed by atoms with Gasteiger partial charge in [0, 0.05) is 43.4 Å². The zero-order valence-electron chi connectivity index (χ0n) is 16.3. The number of methoxy groups -OCH3 is 1. The first-order valence-electron chi connectivity index (χ1n) is 9.00. The molecule has 140 valence electrons. The Morgan fingerprint density at radius 2 is 1.85 bits per heavy atom. The maximum atomic E-state index is 13.0. The van der Waals surface area contributed by atoms with Crippen LogP contribution in [0.15, 0.2) is 29.1 Å². The normalized spacial score (nSPS) is 10.8. The number of hydrogen-bond acceptors (Lipinski definition) is 3. The van der Waals surface area contributed by atoms with Gasteiger partial charge in [-0.25, -0.2) is 0 Å². The number of carbonyl (C=O) groups is 1. The second kappa shape index (κ2) is 8.81. The van der Waals surface area contributed by atoms with Crippen LogP contribution in [0.1, 0.15) is 46.2 Å². The number of pyridine rings is 1. The smallest absolute Gasteiger partial charge is 0.261 e. The van der Waals surface area contributed by atoms with Gasteiger partial charge in [-0.3, -0.25) is 9.59 Å². The number of nitrogens with zero attached hydrogens (tertiary/aromatic N) is 1. The Labute approximate surface area is 155 Å². The molecule has 0 aliphatic carbocycles. The average Bonchev–Trinajstić information content (AvgIpc) is 2.59. The van der Waals surface area contributed by atoms with E-state index in [0.717, 1.165) is 34.6 Å². The molecule has 5 heteroatoms. The summed E-state index contributed by atoms with van der Waals surface area (Å²) in [5.74, 6) is -0.343. The van der Waals surface area contributed by atoms with Crippen molar-refractivity contribution in [1.29, 1.82) is 0 Å². The first kappa shape index (κ1) is 19.9. The van der Waals surface area contributed by atoms with E-state index in [1.807, 2.05) is 45.9 Å². The number of nitrogens with one attached hydrogen (secondary N) is 1. The minimum atomic E-state index is -0.343. The second-order valence-electron chi connectivity index (χ2n) is 6.54. The van der Waals surface area contributed by atoms with Gasteiger partial charge in [0.1, 0.15) is 5.56 Å². The zero-order chi connectivity index (χ0) is 19.3. The van der Waals surface area contributed by atoms with E-state index in [1.54, 1.807) is 13.2 Å². The van der Waals surface area contributed by atoms with E-state index in [0.29, 0.717) is 19.6 Å². The van der Waals surface area contributed by atoms with Gasteiger partial charge in [-0.15, -0.1) is 0 Å². The van der Waals surface area contributed by atoms with Crippen LogP contribution in [0.25, 0.3) is 0 Å². The number of benzene rings is 1. The summed E-state index contributed by atoms with van der Waals surface area (Å²) in [6.07, 6.45) is 1.44. The number of hydrogen-bond donors (Lipinski definition) is 1. The lowest BCUT2D eigenvalue weighted by Gasteiger charge is -2.20. The van der Waals surface area contributed by atoms with Crippen molar-refractivity contribution >= 4 is 11.6 Å². The summed E-state index contributed by atoms with van der Waals surface area (Å²) in [7, 11) is 1.67. The number of para-hydroxylation sites is 1. The Balaban J connectivity index is 2.45. The van der Waals surface area contributed by atoms with Crippen molar-refractivity contribution in [3.8, 4) is 0 Å². The summed E-state index contributed by atoms with van der Waals surface area (Å²) in [6, 6.07) is 7.39. The topological polar surface area (TPSA) is 60.3 Å². The second-order valence-corrected chi connectivity index (χ2v) is 6.54. The standard InChI is InChI=1S/C21H28N2O3/c1-6-17-19(18(24)13-16(4)23(17)11-8-12-26-5)21(25)22-20-14(2)9-7-10-15(20)3/h7,9-10,13H,6,8,11-12H2,1-5H3,(H,22,25). The van der Waals surface area contributed by atoms with Crippen LogP contribution in [-0.4, -0.2) is 24.2 Å². The van der Waals surface area contributed by atoms with E-state index in [-0.39, 0.29) is 16.9 Å². The van der Waals surface area contributed by atoms with Crippen molar-refractivity contribution in [2.24, 2.45) is 0 Å². The number of aromatic nitrogens is 1. The third kappa shape index (κ3) is 4.22. The van der Waals surface area contributed by atoms with Gasteiger partial charge in [-0.05, 0) is 44.7 Å². The fraction of sp³-hybridized carbons (Fsp3) is 0.429. The van der Waals surface area contributed by atoms with Gasteiger partial charge in [-0.1, -0.05) is 25.1 Å². The molecule has 26 heavy (non-hydrogen) atoms. The molecular formula is C21H28N2O3. The largest absolute Gasteiger partial charge is 0.385 e. The lowest BCUT2D eigenvalue weighted by Crippen LogP contribution is -2.28. The highest BCUT2D eigenvalue weighted by Crippen LogP contribution is 2.21. The Hall–Kier alpha value is -2.40. The summed E-state index contributed by atoms with van der Waals surface area (Å²) >= 11 is 0. The molecule has 2 rings (SSSR count). The maximum Gasteiger partial charge on any atom is 0.261 e. The van der Waals surface area contributed by atoms with Crippen LogP contribution in [-0.2, 0) is 17.7 Å². The van der Waals surface area contributed by atoms with E-state index in [9.17, 15) is 9.59 Å². The molecular weight excluding hydrogens is 328 g/mol. The Bertz CT molecular complexity index is 833. The Morgan fingerprint density at radius 3 is 2.42 bits per heavy atom. The first-order chi connectivity index (χ1) is 12.4. The maximum absolute atomic E-state index is 13.0. The van der Waals surface area contributed by atoms with Crippen LogP contribution in [0, 0.1) is 20.8 Å².